The lowest BCUT2D eigenvalue weighted by atomic mass is 10.0. The van der Waals surface area contributed by atoms with Gasteiger partial charge in [0, 0.05) is 13.6 Å². The first-order valence-corrected chi connectivity index (χ1v) is 9.27. The van der Waals surface area contributed by atoms with E-state index in [4.69, 9.17) is 4.98 Å². The molecule has 6 heteroatoms. The normalized spacial score (nSPS) is 19.0. The van der Waals surface area contributed by atoms with Crippen LogP contribution in [0.4, 0.5) is 9.52 Å². The third-order valence-electron chi connectivity index (χ3n) is 4.77. The van der Waals surface area contributed by atoms with E-state index in [0.29, 0.717) is 0 Å². The van der Waals surface area contributed by atoms with Gasteiger partial charge in [0.2, 0.25) is 0 Å². The van der Waals surface area contributed by atoms with Crippen LogP contribution in [0.15, 0.2) is 24.3 Å². The van der Waals surface area contributed by atoms with Crippen LogP contribution in [-0.4, -0.2) is 21.3 Å². The molecule has 0 spiro atoms. The molecular weight excluding hydrogens is 323 g/mol. The van der Waals surface area contributed by atoms with Crippen LogP contribution in [0.2, 0.25) is 0 Å². The Bertz CT molecular complexity index is 835. The molecule has 0 radical (unpaired) electrons. The first-order valence-electron chi connectivity index (χ1n) is 8.46. The smallest absolute Gasteiger partial charge is 0.188 e. The highest BCUT2D eigenvalue weighted by Gasteiger charge is 2.26. The SMILES string of the molecule is Cc1nn(C)c2nc(N3CCCCC[C@@H]3c3cccc(F)c3)sc12. The van der Waals surface area contributed by atoms with Crippen molar-refractivity contribution in [1.29, 1.82) is 0 Å². The third-order valence-corrected chi connectivity index (χ3v) is 5.96. The van der Waals surface area contributed by atoms with Crippen molar-refractivity contribution in [2.24, 2.45) is 7.05 Å². The van der Waals surface area contributed by atoms with Crippen LogP contribution in [0.5, 0.6) is 0 Å². The van der Waals surface area contributed by atoms with E-state index in [2.05, 4.69) is 10.00 Å². The fraction of sp³-hybridized carbons (Fsp3) is 0.444. The zero-order valence-electron chi connectivity index (χ0n) is 14.0. The van der Waals surface area contributed by atoms with Crippen LogP contribution in [0.1, 0.15) is 43.0 Å². The van der Waals surface area contributed by atoms with Gasteiger partial charge < -0.3 is 4.90 Å². The Morgan fingerprint density at radius 1 is 1.25 bits per heavy atom. The molecule has 1 aliphatic heterocycles. The monoisotopic (exact) mass is 344 g/mol. The van der Waals surface area contributed by atoms with Crippen molar-refractivity contribution in [1.82, 2.24) is 14.8 Å². The molecule has 24 heavy (non-hydrogen) atoms. The lowest BCUT2D eigenvalue weighted by Crippen LogP contribution is -2.28. The second-order valence-electron chi connectivity index (χ2n) is 6.47. The summed E-state index contributed by atoms with van der Waals surface area (Å²) in [5, 5.41) is 5.47. The van der Waals surface area contributed by atoms with Crippen LogP contribution in [-0.2, 0) is 7.05 Å². The van der Waals surface area contributed by atoms with E-state index >= 15 is 0 Å². The van der Waals surface area contributed by atoms with Gasteiger partial charge in [-0.2, -0.15) is 5.10 Å². The first-order chi connectivity index (χ1) is 11.6. The van der Waals surface area contributed by atoms with Crippen molar-refractivity contribution in [2.75, 3.05) is 11.4 Å². The van der Waals surface area contributed by atoms with E-state index in [1.165, 1.54) is 18.9 Å². The maximum atomic E-state index is 13.7. The number of hydrogen-bond acceptors (Lipinski definition) is 4. The molecule has 4 nitrogen and oxygen atoms in total. The van der Waals surface area contributed by atoms with Gasteiger partial charge in [-0.25, -0.2) is 14.1 Å². The van der Waals surface area contributed by atoms with Gasteiger partial charge in [-0.05, 0) is 37.5 Å². The van der Waals surface area contributed by atoms with E-state index < -0.39 is 0 Å². The van der Waals surface area contributed by atoms with Crippen molar-refractivity contribution in [3.8, 4) is 0 Å². The molecular formula is C18H21FN4S. The molecule has 1 aliphatic rings. The number of halogens is 1. The second-order valence-corrected chi connectivity index (χ2v) is 7.45. The Hall–Kier alpha value is -1.95. The number of aryl methyl sites for hydroxylation is 2. The van der Waals surface area contributed by atoms with Crippen LogP contribution in [0.25, 0.3) is 10.3 Å². The Morgan fingerprint density at radius 2 is 2.12 bits per heavy atom. The van der Waals surface area contributed by atoms with Crippen LogP contribution >= 0.6 is 11.3 Å². The Kier molecular flexibility index (Phi) is 4.00. The third kappa shape index (κ3) is 2.69. The van der Waals surface area contributed by atoms with Crippen molar-refractivity contribution in [3.05, 3.63) is 41.3 Å². The van der Waals surface area contributed by atoms with E-state index in [9.17, 15) is 4.39 Å². The molecule has 1 saturated heterocycles. The number of aromatic nitrogens is 3. The lowest BCUT2D eigenvalue weighted by molar-refractivity contribution is 0.585. The Balaban J connectivity index is 1.77. The number of hydrogen-bond donors (Lipinski definition) is 0. The van der Waals surface area contributed by atoms with Crippen LogP contribution < -0.4 is 4.90 Å². The van der Waals surface area contributed by atoms with E-state index in [-0.39, 0.29) is 11.9 Å². The number of rotatable bonds is 2. The van der Waals surface area contributed by atoms with Gasteiger partial charge in [-0.15, -0.1) is 0 Å². The van der Waals surface area contributed by atoms with Crippen LogP contribution in [0.3, 0.4) is 0 Å². The molecule has 3 heterocycles. The highest BCUT2D eigenvalue weighted by molar-refractivity contribution is 7.22. The van der Waals surface area contributed by atoms with E-state index in [0.717, 1.165) is 46.1 Å². The number of anilines is 1. The molecule has 4 rings (SSSR count). The summed E-state index contributed by atoms with van der Waals surface area (Å²) in [6, 6.07) is 7.21. The minimum Gasteiger partial charge on any atom is -0.341 e. The van der Waals surface area contributed by atoms with Gasteiger partial charge in [0.1, 0.15) is 5.82 Å². The standard InChI is InChI=1S/C18H21FN4S/c1-12-16-17(22(2)21-12)20-18(24-16)23-10-5-3-4-9-15(23)13-7-6-8-14(19)11-13/h6-8,11,15H,3-5,9-10H2,1-2H3/t15-/m1/s1. The highest BCUT2D eigenvalue weighted by Crippen LogP contribution is 2.38. The Labute approximate surface area is 144 Å². The average Bonchev–Trinajstić information content (AvgIpc) is 2.99. The topological polar surface area (TPSA) is 34.0 Å². The summed E-state index contributed by atoms with van der Waals surface area (Å²) in [6.45, 7) is 2.99. The highest BCUT2D eigenvalue weighted by atomic mass is 32.1. The number of thiazole rings is 1. The largest absolute Gasteiger partial charge is 0.341 e. The average molecular weight is 344 g/mol. The van der Waals surface area contributed by atoms with E-state index in [1.807, 2.05) is 24.7 Å². The van der Waals surface area contributed by atoms with Crippen molar-refractivity contribution in [2.45, 2.75) is 38.6 Å². The summed E-state index contributed by atoms with van der Waals surface area (Å²) >= 11 is 1.70. The summed E-state index contributed by atoms with van der Waals surface area (Å²) in [5.74, 6) is -0.166. The fourth-order valence-corrected chi connectivity index (χ4v) is 4.70. The molecule has 126 valence electrons. The summed E-state index contributed by atoms with van der Waals surface area (Å²) in [5.41, 5.74) is 3.01. The zero-order valence-corrected chi connectivity index (χ0v) is 14.8. The second kappa shape index (κ2) is 6.16. The van der Waals surface area contributed by atoms with Gasteiger partial charge in [-0.3, -0.25) is 0 Å². The number of nitrogens with zero attached hydrogens (tertiary/aromatic N) is 4. The molecule has 2 aromatic heterocycles. The van der Waals surface area contributed by atoms with Crippen LogP contribution in [0, 0.1) is 12.7 Å². The molecule has 3 aromatic rings. The predicted molar refractivity (Wildman–Crippen MR) is 96.1 cm³/mol. The quantitative estimate of drug-likeness (QED) is 0.681. The molecule has 1 fully saturated rings. The molecule has 1 atom stereocenters. The molecule has 0 unspecified atom stereocenters. The summed E-state index contributed by atoms with van der Waals surface area (Å²) in [6.07, 6.45) is 4.58. The first kappa shape index (κ1) is 15.6. The minimum absolute atomic E-state index is 0.166. The van der Waals surface area contributed by atoms with Gasteiger partial charge >= 0.3 is 0 Å². The number of fused-ring (bicyclic) bond motifs is 1. The maximum Gasteiger partial charge on any atom is 0.188 e. The predicted octanol–water partition coefficient (Wildman–Crippen LogP) is 4.60. The fourth-order valence-electron chi connectivity index (χ4n) is 3.59. The van der Waals surface area contributed by atoms with Gasteiger partial charge in [0.25, 0.3) is 0 Å². The zero-order chi connectivity index (χ0) is 16.7. The summed E-state index contributed by atoms with van der Waals surface area (Å²) in [7, 11) is 1.94. The van der Waals surface area contributed by atoms with Crippen molar-refractivity contribution < 1.29 is 4.39 Å². The number of benzene rings is 1. The molecule has 0 bridgehead atoms. The van der Waals surface area contributed by atoms with Crippen molar-refractivity contribution in [3.63, 3.8) is 0 Å². The molecule has 0 aliphatic carbocycles. The van der Waals surface area contributed by atoms with Gasteiger partial charge in [-0.1, -0.05) is 36.3 Å². The molecule has 1 aromatic carbocycles. The molecule has 0 N–H and O–H groups in total. The molecule has 0 amide bonds. The molecule has 0 saturated carbocycles. The summed E-state index contributed by atoms with van der Waals surface area (Å²) in [4.78, 5) is 7.21. The maximum absolute atomic E-state index is 13.7. The van der Waals surface area contributed by atoms with E-state index in [1.54, 1.807) is 23.5 Å². The van der Waals surface area contributed by atoms with Gasteiger partial charge in [0.15, 0.2) is 10.8 Å². The van der Waals surface area contributed by atoms with Gasteiger partial charge in [0.05, 0.1) is 16.4 Å². The minimum atomic E-state index is -0.166. The Morgan fingerprint density at radius 3 is 2.92 bits per heavy atom. The van der Waals surface area contributed by atoms with Crippen molar-refractivity contribution >= 4 is 26.8 Å². The summed E-state index contributed by atoms with van der Waals surface area (Å²) < 4.78 is 16.7. The lowest BCUT2D eigenvalue weighted by Gasteiger charge is -2.30.